The molecular formula is C33H40F2N4O4. The fourth-order valence-corrected chi connectivity index (χ4v) is 6.64. The summed E-state index contributed by atoms with van der Waals surface area (Å²) in [6, 6.07) is 9.73. The Kier molecular flexibility index (Phi) is 8.81. The number of hydrogen-bond donors (Lipinski definition) is 3. The normalized spacial score (nSPS) is 21.1. The third-order valence-electron chi connectivity index (χ3n) is 9.46. The van der Waals surface area contributed by atoms with Gasteiger partial charge in [0.2, 0.25) is 0 Å². The molecule has 3 aliphatic rings. The molecule has 3 N–H and O–H groups in total. The van der Waals surface area contributed by atoms with Gasteiger partial charge >= 0.3 is 0 Å². The zero-order valence-corrected chi connectivity index (χ0v) is 24.4. The highest BCUT2D eigenvalue weighted by Crippen LogP contribution is 2.36. The maximum absolute atomic E-state index is 13.5. The van der Waals surface area contributed by atoms with Crippen molar-refractivity contribution in [3.63, 3.8) is 0 Å². The Hall–Kier alpha value is -3.31. The number of halogens is 2. The number of nitrogens with one attached hydrogen (secondary N) is 1. The van der Waals surface area contributed by atoms with Gasteiger partial charge in [-0.05, 0) is 86.7 Å². The lowest BCUT2D eigenvalue weighted by Crippen LogP contribution is -2.54. The molecule has 8 nitrogen and oxygen atoms in total. The van der Waals surface area contributed by atoms with Crippen LogP contribution in [0.5, 0.6) is 0 Å². The molecule has 1 atom stereocenters. The molecule has 0 saturated carbocycles. The minimum absolute atomic E-state index is 0.0743. The van der Waals surface area contributed by atoms with Gasteiger partial charge in [0.05, 0.1) is 24.9 Å². The van der Waals surface area contributed by atoms with Crippen molar-refractivity contribution in [3.05, 3.63) is 77.6 Å². The number of fused-ring (bicyclic) bond motifs is 1. The van der Waals surface area contributed by atoms with Crippen molar-refractivity contribution in [2.75, 3.05) is 63.9 Å². The maximum atomic E-state index is 13.5. The molecule has 0 radical (unpaired) electrons. The van der Waals surface area contributed by atoms with Gasteiger partial charge in [0.1, 0.15) is 0 Å². The van der Waals surface area contributed by atoms with Gasteiger partial charge in [-0.1, -0.05) is 0 Å². The number of rotatable bonds is 8. The maximum Gasteiger partial charge on any atom is 0.187 e. The monoisotopic (exact) mass is 594 g/mol. The number of ether oxygens (including phenoxy) is 1. The first-order valence-electron chi connectivity index (χ1n) is 15.3. The van der Waals surface area contributed by atoms with Gasteiger partial charge in [-0.2, -0.15) is 0 Å². The second-order valence-electron chi connectivity index (χ2n) is 12.1. The first kappa shape index (κ1) is 29.7. The van der Waals surface area contributed by atoms with E-state index in [1.807, 2.05) is 4.90 Å². The number of benzene rings is 2. The number of carbonyl (C=O) groups is 1. The van der Waals surface area contributed by atoms with Crippen molar-refractivity contribution < 1.29 is 28.5 Å². The number of aliphatic hydroxyl groups is 2. The SMILES string of the molecule is O=C(C=CN1CCC(O)(C(O)CN2CCC(c3c[nH]c4ccc(N5CCOCC5)cc34)CC2)CC1)c1ccc(F)c(F)c1. The second kappa shape index (κ2) is 12.7. The van der Waals surface area contributed by atoms with E-state index in [2.05, 4.69) is 39.2 Å². The van der Waals surface area contributed by atoms with Crippen molar-refractivity contribution in [2.45, 2.75) is 43.3 Å². The number of morpholine rings is 1. The van der Waals surface area contributed by atoms with E-state index in [9.17, 15) is 23.8 Å². The molecule has 1 aromatic heterocycles. The molecular weight excluding hydrogens is 554 g/mol. The number of carbonyl (C=O) groups excluding carboxylic acids is 1. The Morgan fingerprint density at radius 3 is 2.49 bits per heavy atom. The van der Waals surface area contributed by atoms with Crippen molar-refractivity contribution >= 4 is 22.4 Å². The van der Waals surface area contributed by atoms with Crippen molar-refractivity contribution in [2.24, 2.45) is 0 Å². The molecule has 0 bridgehead atoms. The number of aliphatic hydroxyl groups excluding tert-OH is 1. The lowest BCUT2D eigenvalue weighted by Gasteiger charge is -2.43. The minimum atomic E-state index is -1.20. The van der Waals surface area contributed by atoms with Crippen LogP contribution < -0.4 is 4.90 Å². The number of nitrogens with zero attached hydrogens (tertiary/aromatic N) is 3. The first-order chi connectivity index (χ1) is 20.8. The highest BCUT2D eigenvalue weighted by molar-refractivity contribution is 6.04. The number of β-amino-alcohol motifs (C(OH)–C–C–N with tert-alkyl or cyclic N) is 1. The smallest absolute Gasteiger partial charge is 0.187 e. The zero-order chi connectivity index (χ0) is 30.0. The van der Waals surface area contributed by atoms with E-state index >= 15 is 0 Å². The van der Waals surface area contributed by atoms with E-state index < -0.39 is 29.1 Å². The summed E-state index contributed by atoms with van der Waals surface area (Å²) in [4.78, 5) is 22.3. The molecule has 4 heterocycles. The second-order valence-corrected chi connectivity index (χ2v) is 12.1. The quantitative estimate of drug-likeness (QED) is 0.268. The summed E-state index contributed by atoms with van der Waals surface area (Å²) in [5.74, 6) is -2.04. The molecule has 1 unspecified atom stereocenters. The summed E-state index contributed by atoms with van der Waals surface area (Å²) in [5, 5.41) is 23.6. The average molecular weight is 595 g/mol. The van der Waals surface area contributed by atoms with E-state index in [1.165, 1.54) is 28.8 Å². The predicted molar refractivity (Wildman–Crippen MR) is 161 cm³/mol. The highest BCUT2D eigenvalue weighted by atomic mass is 19.2. The van der Waals surface area contributed by atoms with Crippen LogP contribution in [0.3, 0.4) is 0 Å². The fraction of sp³-hybridized carbons (Fsp3) is 0.485. The Bertz CT molecular complexity index is 1450. The first-order valence-corrected chi connectivity index (χ1v) is 15.3. The predicted octanol–water partition coefficient (Wildman–Crippen LogP) is 4.05. The van der Waals surface area contributed by atoms with Gasteiger partial charge in [-0.25, -0.2) is 8.78 Å². The van der Waals surface area contributed by atoms with Crippen LogP contribution >= 0.6 is 0 Å². The standard InChI is InChI=1S/C33H40F2N4O4/c34-28-3-1-24(19-29(28)35)31(40)7-12-37-13-8-33(42,9-14-37)32(41)22-38-10-5-23(6-11-38)27-21-36-30-4-2-25(20-26(27)30)39-15-17-43-18-16-39/h1-4,7,12,19-21,23,32,36,41-42H,5-6,8-11,13-18,22H2. The Balaban J connectivity index is 0.991. The topological polar surface area (TPSA) is 92.3 Å². The summed E-state index contributed by atoms with van der Waals surface area (Å²) >= 11 is 0. The molecule has 3 saturated heterocycles. The summed E-state index contributed by atoms with van der Waals surface area (Å²) < 4.78 is 32.1. The number of likely N-dealkylation sites (tertiary alicyclic amines) is 2. The number of ketones is 1. The lowest BCUT2D eigenvalue weighted by molar-refractivity contribution is -0.114. The number of piperidine rings is 2. The zero-order valence-electron chi connectivity index (χ0n) is 24.4. The van der Waals surface area contributed by atoms with Crippen molar-refractivity contribution in [1.82, 2.24) is 14.8 Å². The third kappa shape index (κ3) is 6.62. The summed E-state index contributed by atoms with van der Waals surface area (Å²) in [6.45, 7) is 6.42. The Labute approximate surface area is 250 Å². The number of aromatic nitrogens is 1. The molecule has 3 aromatic rings. The van der Waals surface area contributed by atoms with Crippen molar-refractivity contribution in [3.8, 4) is 0 Å². The molecule has 10 heteroatoms. The fourth-order valence-electron chi connectivity index (χ4n) is 6.64. The van der Waals surface area contributed by atoms with Gasteiger partial charge in [0.25, 0.3) is 0 Å². The van der Waals surface area contributed by atoms with Crippen LogP contribution in [0.15, 0.2) is 54.9 Å². The number of H-pyrrole nitrogens is 1. The molecule has 43 heavy (non-hydrogen) atoms. The van der Waals surface area contributed by atoms with Crippen LogP contribution in [-0.2, 0) is 4.74 Å². The summed E-state index contributed by atoms with van der Waals surface area (Å²) in [7, 11) is 0. The molecule has 6 rings (SSSR count). The number of aromatic amines is 1. The third-order valence-corrected chi connectivity index (χ3v) is 9.46. The summed E-state index contributed by atoms with van der Waals surface area (Å²) in [6.07, 6.45) is 6.95. The number of allylic oxidation sites excluding steroid dienone is 1. The highest BCUT2D eigenvalue weighted by Gasteiger charge is 2.39. The number of hydrogen-bond acceptors (Lipinski definition) is 7. The molecule has 0 spiro atoms. The molecule has 2 aromatic carbocycles. The van der Waals surface area contributed by atoms with E-state index in [4.69, 9.17) is 4.74 Å². The van der Waals surface area contributed by atoms with Gasteiger partial charge in [-0.3, -0.25) is 4.79 Å². The largest absolute Gasteiger partial charge is 0.389 e. The van der Waals surface area contributed by atoms with Gasteiger partial charge in [0.15, 0.2) is 17.4 Å². The molecule has 230 valence electrons. The molecule has 0 amide bonds. The van der Waals surface area contributed by atoms with Crippen LogP contribution in [0.2, 0.25) is 0 Å². The average Bonchev–Trinajstić information content (AvgIpc) is 3.46. The van der Waals surface area contributed by atoms with Crippen LogP contribution in [0.25, 0.3) is 10.9 Å². The van der Waals surface area contributed by atoms with Crippen LogP contribution in [0.4, 0.5) is 14.5 Å². The number of anilines is 1. The van der Waals surface area contributed by atoms with Gasteiger partial charge in [-0.15, -0.1) is 0 Å². The lowest BCUT2D eigenvalue weighted by atomic mass is 9.84. The Morgan fingerprint density at radius 1 is 1.02 bits per heavy atom. The molecule has 3 fully saturated rings. The van der Waals surface area contributed by atoms with Crippen molar-refractivity contribution in [1.29, 1.82) is 0 Å². The van der Waals surface area contributed by atoms with Gasteiger partial charge in [0, 0.05) is 73.4 Å². The van der Waals surface area contributed by atoms with Crippen LogP contribution in [-0.4, -0.2) is 102 Å². The van der Waals surface area contributed by atoms with E-state index in [-0.39, 0.29) is 5.56 Å². The molecule has 3 aliphatic heterocycles. The Morgan fingerprint density at radius 2 is 1.77 bits per heavy atom. The van der Waals surface area contributed by atoms with Gasteiger partial charge < -0.3 is 34.6 Å². The van der Waals surface area contributed by atoms with E-state index in [1.54, 1.807) is 6.20 Å². The minimum Gasteiger partial charge on any atom is -0.389 e. The van der Waals surface area contributed by atoms with E-state index in [0.29, 0.717) is 38.4 Å². The molecule has 0 aliphatic carbocycles. The summed E-state index contributed by atoms with van der Waals surface area (Å²) in [5.41, 5.74) is 2.62. The van der Waals surface area contributed by atoms with Crippen LogP contribution in [0.1, 0.15) is 47.5 Å². The van der Waals surface area contributed by atoms with E-state index in [0.717, 1.165) is 69.9 Å². The van der Waals surface area contributed by atoms with Crippen LogP contribution in [0, 0.1) is 11.6 Å².